The fraction of sp³-hybridized carbons (Fsp3) is 0.368. The van der Waals surface area contributed by atoms with Crippen LogP contribution in [0.15, 0.2) is 47.5 Å². The summed E-state index contributed by atoms with van der Waals surface area (Å²) in [5.74, 6) is -0.666. The van der Waals surface area contributed by atoms with E-state index < -0.39 is 35.7 Å². The van der Waals surface area contributed by atoms with Crippen LogP contribution in [0.4, 0.5) is 0 Å². The summed E-state index contributed by atoms with van der Waals surface area (Å²) in [6.45, 7) is 8.65. The lowest BCUT2D eigenvalue weighted by Crippen LogP contribution is -2.54. The number of thiophene rings is 1. The highest BCUT2D eigenvalue weighted by Crippen LogP contribution is 2.39. The third-order valence-electron chi connectivity index (χ3n) is 10.1. The molecule has 2 N–H and O–H groups in total. The second kappa shape index (κ2) is 14.2. The van der Waals surface area contributed by atoms with Gasteiger partial charge in [0.1, 0.15) is 22.9 Å². The number of aryl methyl sites for hydroxylation is 3. The zero-order valence-electron chi connectivity index (χ0n) is 29.3. The summed E-state index contributed by atoms with van der Waals surface area (Å²) in [4.78, 5) is 71.0. The number of nitrogens with one attached hydrogen (secondary N) is 2. The Morgan fingerprint density at radius 3 is 2.54 bits per heavy atom. The van der Waals surface area contributed by atoms with Crippen LogP contribution in [0.2, 0.25) is 5.02 Å². The third-order valence-corrected chi connectivity index (χ3v) is 11.5. The molecule has 0 aliphatic carbocycles. The van der Waals surface area contributed by atoms with Crippen molar-refractivity contribution < 1.29 is 24.0 Å². The first-order valence-electron chi connectivity index (χ1n) is 17.4. The van der Waals surface area contributed by atoms with Crippen molar-refractivity contribution in [1.29, 1.82) is 0 Å². The van der Waals surface area contributed by atoms with Gasteiger partial charge in [-0.3, -0.25) is 43.7 Å². The first kappa shape index (κ1) is 35.4. The van der Waals surface area contributed by atoms with Gasteiger partial charge in [-0.2, -0.15) is 0 Å². The molecule has 0 radical (unpaired) electrons. The van der Waals surface area contributed by atoms with Crippen LogP contribution in [0, 0.1) is 26.7 Å². The largest absolute Gasteiger partial charge is 0.356 e. The molecule has 7 rings (SSSR count). The minimum atomic E-state index is -0.992. The average molecular weight is 740 g/mol. The Balaban J connectivity index is 0.979. The van der Waals surface area contributed by atoms with Gasteiger partial charge in [-0.25, -0.2) is 0 Å². The molecule has 5 amide bonds. The molecule has 5 heterocycles. The maximum Gasteiger partial charge on any atom is 0.262 e. The lowest BCUT2D eigenvalue weighted by molar-refractivity contribution is -0.136. The number of hydrogen-bond donors (Lipinski definition) is 2. The normalized spacial score (nSPS) is 18.7. The summed E-state index contributed by atoms with van der Waals surface area (Å²) in [6.07, 6.45) is 2.59. The zero-order chi connectivity index (χ0) is 36.8. The van der Waals surface area contributed by atoms with Crippen LogP contribution in [-0.2, 0) is 20.8 Å². The number of aromatic nitrogens is 3. The average Bonchev–Trinajstić information content (AvgIpc) is 3.68. The Morgan fingerprint density at radius 2 is 1.79 bits per heavy atom. The number of fused-ring (bicyclic) bond motifs is 4. The van der Waals surface area contributed by atoms with E-state index in [2.05, 4.69) is 41.6 Å². The number of piperidine rings is 1. The van der Waals surface area contributed by atoms with Gasteiger partial charge in [-0.1, -0.05) is 36.7 Å². The highest BCUT2D eigenvalue weighted by molar-refractivity contribution is 7.15. The molecule has 3 aliphatic heterocycles. The molecule has 2 unspecified atom stereocenters. The third kappa shape index (κ3) is 6.58. The van der Waals surface area contributed by atoms with Crippen LogP contribution < -0.4 is 10.6 Å². The van der Waals surface area contributed by atoms with Crippen molar-refractivity contribution in [2.24, 2.45) is 10.9 Å². The monoisotopic (exact) mass is 739 g/mol. The van der Waals surface area contributed by atoms with Crippen molar-refractivity contribution in [3.05, 3.63) is 97.4 Å². The molecule has 52 heavy (non-hydrogen) atoms. The van der Waals surface area contributed by atoms with Crippen LogP contribution in [0.5, 0.6) is 0 Å². The lowest BCUT2D eigenvalue weighted by Gasteiger charge is -2.27. The number of rotatable bonds is 10. The van der Waals surface area contributed by atoms with Gasteiger partial charge in [0.2, 0.25) is 17.7 Å². The fourth-order valence-electron chi connectivity index (χ4n) is 7.10. The van der Waals surface area contributed by atoms with E-state index in [0.29, 0.717) is 23.8 Å². The van der Waals surface area contributed by atoms with Gasteiger partial charge in [0.15, 0.2) is 5.82 Å². The van der Waals surface area contributed by atoms with E-state index in [1.807, 2.05) is 41.8 Å². The molecule has 2 aromatic heterocycles. The molecular formula is C38H38ClN7O5S. The van der Waals surface area contributed by atoms with E-state index in [0.717, 1.165) is 56.5 Å². The number of imide groups is 2. The molecule has 4 aromatic rings. The number of benzene rings is 2. The van der Waals surface area contributed by atoms with E-state index in [4.69, 9.17) is 16.6 Å². The predicted octanol–water partition coefficient (Wildman–Crippen LogP) is 5.37. The van der Waals surface area contributed by atoms with Crippen LogP contribution in [0.1, 0.15) is 105 Å². The number of hydrogen-bond acceptors (Lipinski definition) is 9. The molecule has 3 aliphatic rings. The number of carbonyl (C=O) groups excluding carboxylic acids is 5. The highest BCUT2D eigenvalue weighted by atomic mass is 35.5. The van der Waals surface area contributed by atoms with E-state index in [9.17, 15) is 24.0 Å². The highest BCUT2D eigenvalue weighted by Gasteiger charge is 2.44. The minimum absolute atomic E-state index is 0.0751. The number of aliphatic imine (C=N–C) groups is 1. The Morgan fingerprint density at radius 1 is 1.04 bits per heavy atom. The van der Waals surface area contributed by atoms with Gasteiger partial charge in [-0.15, -0.1) is 21.5 Å². The first-order valence-corrected chi connectivity index (χ1v) is 18.6. The summed E-state index contributed by atoms with van der Waals surface area (Å²) in [5, 5.41) is 15.8. The standard InChI is InChI=1S/C38H38ClN7O5S/c1-19(6-5-7-23-8-13-26-27(16-23)37(51)46(36(26)50)29-14-15-30(47)42-35(29)49)18-40-31(48)17-28-34-44-43-22(4)45(34)38-32(20(2)21(3)52-38)33(41-28)24-9-11-25(39)12-10-24/h8-13,16,19,28-29H,5-7,14-15,17-18H2,1-4H3,(H,40,48)(H,42,47,49)/t19?,28-,29?/m0/s1. The summed E-state index contributed by atoms with van der Waals surface area (Å²) < 4.78 is 2.03. The van der Waals surface area contributed by atoms with Crippen molar-refractivity contribution in [2.45, 2.75) is 78.3 Å². The Bertz CT molecular complexity index is 2170. The number of nitrogens with zero attached hydrogens (tertiary/aromatic N) is 5. The lowest BCUT2D eigenvalue weighted by atomic mass is 9.98. The van der Waals surface area contributed by atoms with Crippen molar-refractivity contribution in [2.75, 3.05) is 6.54 Å². The molecule has 0 spiro atoms. The topological polar surface area (TPSA) is 156 Å². The fourth-order valence-corrected chi connectivity index (χ4v) is 8.44. The van der Waals surface area contributed by atoms with Crippen LogP contribution >= 0.6 is 22.9 Å². The van der Waals surface area contributed by atoms with E-state index in [-0.39, 0.29) is 42.2 Å². The van der Waals surface area contributed by atoms with E-state index in [1.54, 1.807) is 23.5 Å². The van der Waals surface area contributed by atoms with Gasteiger partial charge in [-0.05, 0) is 87.8 Å². The summed E-state index contributed by atoms with van der Waals surface area (Å²) >= 11 is 7.89. The molecule has 268 valence electrons. The molecule has 0 saturated carbocycles. The molecule has 2 aromatic carbocycles. The number of carbonyl (C=O) groups is 5. The molecule has 0 bridgehead atoms. The van der Waals surface area contributed by atoms with Crippen molar-refractivity contribution >= 4 is 58.2 Å². The van der Waals surface area contributed by atoms with Gasteiger partial charge in [0.25, 0.3) is 11.8 Å². The molecule has 1 fully saturated rings. The minimum Gasteiger partial charge on any atom is -0.356 e. The van der Waals surface area contributed by atoms with Gasteiger partial charge in [0.05, 0.1) is 23.3 Å². The molecule has 3 atom stereocenters. The Labute approximate surface area is 309 Å². The second-order valence-electron chi connectivity index (χ2n) is 13.7. The molecule has 14 heteroatoms. The van der Waals surface area contributed by atoms with Crippen LogP contribution in [0.25, 0.3) is 5.00 Å². The Hall–Kier alpha value is -5.01. The summed E-state index contributed by atoms with van der Waals surface area (Å²) in [6, 6.07) is 11.2. The van der Waals surface area contributed by atoms with Crippen molar-refractivity contribution in [1.82, 2.24) is 30.3 Å². The SMILES string of the molecule is Cc1sc2c(c1C)C(c1ccc(Cl)cc1)=N[C@@H](CC(=O)NCC(C)CCCc1ccc3c(c1)C(=O)N(C1CCC(=O)NC1=O)C3=O)c1nnc(C)n1-2. The molecule has 1 saturated heterocycles. The number of halogens is 1. The number of amides is 5. The molecule has 12 nitrogen and oxygen atoms in total. The van der Waals surface area contributed by atoms with Gasteiger partial charge in [0, 0.05) is 34.0 Å². The van der Waals surface area contributed by atoms with Crippen LogP contribution in [-0.4, -0.2) is 67.5 Å². The maximum absolute atomic E-state index is 13.4. The van der Waals surface area contributed by atoms with Crippen molar-refractivity contribution in [3.8, 4) is 5.00 Å². The van der Waals surface area contributed by atoms with Gasteiger partial charge >= 0.3 is 0 Å². The zero-order valence-corrected chi connectivity index (χ0v) is 30.9. The molecular weight excluding hydrogens is 702 g/mol. The van der Waals surface area contributed by atoms with Crippen LogP contribution in [0.3, 0.4) is 0 Å². The first-order chi connectivity index (χ1) is 24.9. The smallest absolute Gasteiger partial charge is 0.262 e. The predicted molar refractivity (Wildman–Crippen MR) is 196 cm³/mol. The maximum atomic E-state index is 13.4. The Kier molecular flexibility index (Phi) is 9.66. The van der Waals surface area contributed by atoms with E-state index in [1.165, 1.54) is 4.88 Å². The van der Waals surface area contributed by atoms with Crippen molar-refractivity contribution in [3.63, 3.8) is 0 Å². The quantitative estimate of drug-likeness (QED) is 0.207. The van der Waals surface area contributed by atoms with E-state index >= 15 is 0 Å². The second-order valence-corrected chi connectivity index (χ2v) is 15.4. The summed E-state index contributed by atoms with van der Waals surface area (Å²) in [5.41, 5.74) is 5.29. The summed E-state index contributed by atoms with van der Waals surface area (Å²) in [7, 11) is 0. The van der Waals surface area contributed by atoms with Gasteiger partial charge < -0.3 is 5.32 Å².